The van der Waals surface area contributed by atoms with Crippen molar-refractivity contribution in [3.63, 3.8) is 0 Å². The molecule has 0 unspecified atom stereocenters. The van der Waals surface area contributed by atoms with Crippen LogP contribution in [0.4, 0.5) is 0 Å². The van der Waals surface area contributed by atoms with E-state index in [0.29, 0.717) is 13.0 Å². The van der Waals surface area contributed by atoms with Gasteiger partial charge in [-0.3, -0.25) is 4.79 Å². The Morgan fingerprint density at radius 1 is 1.64 bits per heavy atom. The van der Waals surface area contributed by atoms with Crippen molar-refractivity contribution in [3.05, 3.63) is 33.5 Å². The Bertz CT molecular complexity index is 322. The van der Waals surface area contributed by atoms with E-state index in [1.807, 2.05) is 12.1 Å². The van der Waals surface area contributed by atoms with E-state index in [2.05, 4.69) is 27.8 Å². The first-order chi connectivity index (χ1) is 6.72. The van der Waals surface area contributed by atoms with Gasteiger partial charge in [0.05, 0.1) is 10.3 Å². The van der Waals surface area contributed by atoms with Crippen molar-refractivity contribution in [3.8, 4) is 0 Å². The number of hydrogen-bond donors (Lipinski definition) is 1. The van der Waals surface area contributed by atoms with Gasteiger partial charge in [-0.1, -0.05) is 6.08 Å². The fourth-order valence-electron chi connectivity index (χ4n) is 0.954. The van der Waals surface area contributed by atoms with Crippen LogP contribution < -0.4 is 5.32 Å². The molecule has 0 aliphatic heterocycles. The van der Waals surface area contributed by atoms with Gasteiger partial charge in [0.2, 0.25) is 5.91 Å². The molecule has 0 bridgehead atoms. The first-order valence-corrected chi connectivity index (χ1v) is 5.95. The number of carbonyl (C=O) groups excluding carboxylic acids is 1. The zero-order chi connectivity index (χ0) is 10.4. The topological polar surface area (TPSA) is 29.1 Å². The van der Waals surface area contributed by atoms with Gasteiger partial charge >= 0.3 is 0 Å². The first kappa shape index (κ1) is 11.5. The van der Waals surface area contributed by atoms with E-state index in [4.69, 9.17) is 0 Å². The minimum absolute atomic E-state index is 0.0782. The number of nitrogens with one attached hydrogen (secondary N) is 1. The van der Waals surface area contributed by atoms with Crippen LogP contribution in [0.1, 0.15) is 17.7 Å². The summed E-state index contributed by atoms with van der Waals surface area (Å²) in [5, 5.41) is 2.85. The van der Waals surface area contributed by atoms with Gasteiger partial charge in [-0.25, -0.2) is 0 Å². The normalized spacial score (nSPS) is 9.79. The van der Waals surface area contributed by atoms with E-state index in [0.717, 1.165) is 15.1 Å². The second kappa shape index (κ2) is 5.98. The molecule has 0 spiro atoms. The summed E-state index contributed by atoms with van der Waals surface area (Å²) in [4.78, 5) is 12.4. The van der Waals surface area contributed by atoms with Crippen molar-refractivity contribution in [1.29, 1.82) is 0 Å². The van der Waals surface area contributed by atoms with Crippen LogP contribution in [0.15, 0.2) is 28.6 Å². The summed E-state index contributed by atoms with van der Waals surface area (Å²) in [6.07, 6.45) is 3.01. The largest absolute Gasteiger partial charge is 0.351 e. The van der Waals surface area contributed by atoms with Crippen LogP contribution in [0.3, 0.4) is 0 Å². The molecule has 14 heavy (non-hydrogen) atoms. The molecule has 1 aromatic heterocycles. The Morgan fingerprint density at radius 2 is 2.43 bits per heavy atom. The number of carbonyl (C=O) groups is 1. The lowest BCUT2D eigenvalue weighted by atomic mass is 10.3. The average Bonchev–Trinajstić information content (AvgIpc) is 2.58. The van der Waals surface area contributed by atoms with Gasteiger partial charge in [-0.15, -0.1) is 17.9 Å². The van der Waals surface area contributed by atoms with Gasteiger partial charge in [0.15, 0.2) is 0 Å². The summed E-state index contributed by atoms with van der Waals surface area (Å²) in [7, 11) is 0. The molecule has 0 aliphatic carbocycles. The van der Waals surface area contributed by atoms with Crippen molar-refractivity contribution in [2.45, 2.75) is 19.4 Å². The van der Waals surface area contributed by atoms with Crippen molar-refractivity contribution in [1.82, 2.24) is 5.32 Å². The fraction of sp³-hybridized carbons (Fsp3) is 0.300. The maximum atomic E-state index is 11.2. The van der Waals surface area contributed by atoms with Gasteiger partial charge in [0.25, 0.3) is 0 Å². The molecule has 2 nitrogen and oxygen atoms in total. The molecule has 0 fully saturated rings. The molecule has 0 saturated heterocycles. The zero-order valence-electron chi connectivity index (χ0n) is 7.75. The van der Waals surface area contributed by atoms with E-state index in [9.17, 15) is 4.79 Å². The highest BCUT2D eigenvalue weighted by Gasteiger charge is 2.01. The van der Waals surface area contributed by atoms with Crippen molar-refractivity contribution >= 4 is 33.2 Å². The molecule has 0 radical (unpaired) electrons. The lowest BCUT2D eigenvalue weighted by molar-refractivity contribution is -0.121. The van der Waals surface area contributed by atoms with E-state index >= 15 is 0 Å². The highest BCUT2D eigenvalue weighted by Crippen LogP contribution is 2.21. The predicted molar refractivity (Wildman–Crippen MR) is 63.3 cm³/mol. The predicted octanol–water partition coefficient (Wildman–Crippen LogP) is 3.09. The molecule has 0 atom stereocenters. The lowest BCUT2D eigenvalue weighted by Gasteiger charge is -2.01. The molecule has 1 amide bonds. The van der Waals surface area contributed by atoms with E-state index in [1.54, 1.807) is 17.4 Å². The number of rotatable bonds is 5. The van der Waals surface area contributed by atoms with Crippen LogP contribution in [0.25, 0.3) is 0 Å². The summed E-state index contributed by atoms with van der Waals surface area (Å²) in [6.45, 7) is 4.19. The van der Waals surface area contributed by atoms with Crippen LogP contribution in [-0.2, 0) is 11.3 Å². The third-order valence-electron chi connectivity index (χ3n) is 1.66. The van der Waals surface area contributed by atoms with Gasteiger partial charge in [-0.2, -0.15) is 0 Å². The molecule has 1 N–H and O–H groups in total. The van der Waals surface area contributed by atoms with Gasteiger partial charge < -0.3 is 5.32 Å². The van der Waals surface area contributed by atoms with Crippen LogP contribution >= 0.6 is 27.3 Å². The summed E-state index contributed by atoms with van der Waals surface area (Å²) in [5.74, 6) is 0.0782. The molecule has 0 aliphatic rings. The van der Waals surface area contributed by atoms with Crippen LogP contribution in [0.2, 0.25) is 0 Å². The Labute approximate surface area is 96.2 Å². The SMILES string of the molecule is C=CCCC(=O)NCc1ccc(Br)s1. The Hall–Kier alpha value is -0.610. The maximum Gasteiger partial charge on any atom is 0.220 e. The maximum absolute atomic E-state index is 11.2. The summed E-state index contributed by atoms with van der Waals surface area (Å²) >= 11 is 5.01. The highest BCUT2D eigenvalue weighted by atomic mass is 79.9. The molecule has 0 aromatic carbocycles. The average molecular weight is 274 g/mol. The van der Waals surface area contributed by atoms with E-state index in [-0.39, 0.29) is 5.91 Å². The second-order valence-corrected chi connectivity index (χ2v) is 5.36. The number of hydrogen-bond acceptors (Lipinski definition) is 2. The third kappa shape index (κ3) is 4.07. The zero-order valence-corrected chi connectivity index (χ0v) is 10.2. The minimum atomic E-state index is 0.0782. The summed E-state index contributed by atoms with van der Waals surface area (Å²) in [5.41, 5.74) is 0. The number of halogens is 1. The molecule has 1 rings (SSSR count). The molecule has 4 heteroatoms. The molecular formula is C10H12BrNOS. The first-order valence-electron chi connectivity index (χ1n) is 4.34. The molecular weight excluding hydrogens is 262 g/mol. The smallest absolute Gasteiger partial charge is 0.220 e. The van der Waals surface area contributed by atoms with Crippen LogP contribution in [-0.4, -0.2) is 5.91 Å². The van der Waals surface area contributed by atoms with Crippen molar-refractivity contribution < 1.29 is 4.79 Å². The summed E-state index contributed by atoms with van der Waals surface area (Å²) < 4.78 is 1.09. The Morgan fingerprint density at radius 3 is 3.00 bits per heavy atom. The van der Waals surface area contributed by atoms with Crippen molar-refractivity contribution in [2.24, 2.45) is 0 Å². The Kier molecular flexibility index (Phi) is 4.90. The Balaban J connectivity index is 2.26. The monoisotopic (exact) mass is 273 g/mol. The number of allylic oxidation sites excluding steroid dienone is 1. The minimum Gasteiger partial charge on any atom is -0.351 e. The number of amides is 1. The van der Waals surface area contributed by atoms with Crippen LogP contribution in [0, 0.1) is 0 Å². The number of thiophene rings is 1. The summed E-state index contributed by atoms with van der Waals surface area (Å²) in [6, 6.07) is 3.98. The van der Waals surface area contributed by atoms with E-state index in [1.165, 1.54) is 0 Å². The van der Waals surface area contributed by atoms with Crippen LogP contribution in [0.5, 0.6) is 0 Å². The van der Waals surface area contributed by atoms with E-state index < -0.39 is 0 Å². The van der Waals surface area contributed by atoms with Gasteiger partial charge in [0, 0.05) is 11.3 Å². The fourth-order valence-corrected chi connectivity index (χ4v) is 2.38. The molecule has 1 heterocycles. The lowest BCUT2D eigenvalue weighted by Crippen LogP contribution is -2.21. The molecule has 1 aromatic rings. The molecule has 76 valence electrons. The third-order valence-corrected chi connectivity index (χ3v) is 3.29. The van der Waals surface area contributed by atoms with Crippen molar-refractivity contribution in [2.75, 3.05) is 0 Å². The second-order valence-electron chi connectivity index (χ2n) is 2.81. The van der Waals surface area contributed by atoms with Gasteiger partial charge in [-0.05, 0) is 34.5 Å². The quantitative estimate of drug-likeness (QED) is 0.821. The highest BCUT2D eigenvalue weighted by molar-refractivity contribution is 9.11. The molecule has 0 saturated carbocycles. The standard InChI is InChI=1S/C10H12BrNOS/c1-2-3-4-10(13)12-7-8-5-6-9(11)14-8/h2,5-6H,1,3-4,7H2,(H,12,13). The van der Waals surface area contributed by atoms with Gasteiger partial charge in [0.1, 0.15) is 0 Å².